The van der Waals surface area contributed by atoms with Crippen LogP contribution < -0.4 is 9.47 Å². The number of pyridine rings is 1. The minimum absolute atomic E-state index is 0.0762. The van der Waals surface area contributed by atoms with Crippen LogP contribution in [0.1, 0.15) is 50.7 Å². The van der Waals surface area contributed by atoms with Gasteiger partial charge in [0.25, 0.3) is 0 Å². The third kappa shape index (κ3) is 10.3. The first-order chi connectivity index (χ1) is 27.9. The maximum absolute atomic E-state index is 14.7. The molecule has 58 heavy (non-hydrogen) atoms. The average Bonchev–Trinajstić information content (AvgIpc) is 3.62. The zero-order valence-electron chi connectivity index (χ0n) is 33.6. The summed E-state index contributed by atoms with van der Waals surface area (Å²) in [6.07, 6.45) is 7.79. The maximum Gasteiger partial charge on any atom is 0.345 e. The van der Waals surface area contributed by atoms with Crippen molar-refractivity contribution in [2.75, 3.05) is 34.4 Å². The summed E-state index contributed by atoms with van der Waals surface area (Å²) < 4.78 is 43.8. The number of likely N-dealkylation sites (N-methyl/N-ethyl adjacent to an activating group) is 1. The number of ether oxygens (including phenoxy) is 4. The minimum atomic E-state index is -1.40. The topological polar surface area (TPSA) is 129 Å². The van der Waals surface area contributed by atoms with Gasteiger partial charge in [0.1, 0.15) is 30.5 Å². The molecule has 5 rings (SSSR count). The van der Waals surface area contributed by atoms with E-state index in [-0.39, 0.29) is 18.9 Å². The second-order valence-electron chi connectivity index (χ2n) is 13.4. The summed E-state index contributed by atoms with van der Waals surface area (Å²) in [6.45, 7) is 12.6. The Hall–Kier alpha value is -5.63. The number of fused-ring (bicyclic) bond motifs is 1. The lowest BCUT2D eigenvalue weighted by atomic mass is 9.93. The monoisotopic (exact) mass is 827 g/mol. The summed E-state index contributed by atoms with van der Waals surface area (Å²) in [5.74, 6) is 0.615. The molecule has 0 aliphatic carbocycles. The normalized spacial score (nSPS) is 13.0. The van der Waals surface area contributed by atoms with Crippen LogP contribution in [-0.4, -0.2) is 75.8 Å². The van der Waals surface area contributed by atoms with Crippen molar-refractivity contribution < 1.29 is 33.2 Å². The van der Waals surface area contributed by atoms with Gasteiger partial charge in [0.2, 0.25) is 12.0 Å². The highest BCUT2D eigenvalue weighted by Gasteiger charge is 2.28. The Kier molecular flexibility index (Phi) is 15.1. The molecule has 0 radical (unpaired) electrons. The van der Waals surface area contributed by atoms with E-state index in [2.05, 4.69) is 15.9 Å². The van der Waals surface area contributed by atoms with Gasteiger partial charge in [-0.3, -0.25) is 4.98 Å². The van der Waals surface area contributed by atoms with Crippen molar-refractivity contribution in [1.29, 1.82) is 0 Å². The van der Waals surface area contributed by atoms with Crippen LogP contribution in [0.4, 0.5) is 4.39 Å². The lowest BCUT2D eigenvalue weighted by Crippen LogP contribution is -2.28. The number of methoxy groups -OCH3 is 1. The van der Waals surface area contributed by atoms with Crippen molar-refractivity contribution in [3.8, 4) is 34.0 Å². The van der Waals surface area contributed by atoms with Gasteiger partial charge in [-0.15, -0.1) is 0 Å². The highest BCUT2D eigenvalue weighted by Crippen LogP contribution is 2.46. The minimum Gasteiger partial charge on any atom is -0.500 e. The first-order valence-electron chi connectivity index (χ1n) is 18.6. The van der Waals surface area contributed by atoms with E-state index in [0.717, 1.165) is 22.9 Å². The Labute approximate surface area is 347 Å². The van der Waals surface area contributed by atoms with Crippen molar-refractivity contribution >= 4 is 44.8 Å². The molecule has 0 aliphatic rings. The molecule has 5 aromatic rings. The molecule has 0 amide bonds. The number of nitrogens with zero attached hydrogens (tertiary/aromatic N) is 5. The van der Waals surface area contributed by atoms with Crippen LogP contribution in [0.25, 0.3) is 38.0 Å². The number of hydrogen-bond acceptors (Lipinski definition) is 11. The number of aromatic nitrogens is 4. The summed E-state index contributed by atoms with van der Waals surface area (Å²) in [5.41, 5.74) is 4.75. The smallest absolute Gasteiger partial charge is 0.345 e. The Morgan fingerprint density at radius 2 is 1.97 bits per heavy atom. The summed E-state index contributed by atoms with van der Waals surface area (Å²) in [4.78, 5) is 28.7. The van der Waals surface area contributed by atoms with Gasteiger partial charge in [0, 0.05) is 42.9 Å². The van der Waals surface area contributed by atoms with E-state index in [0.29, 0.717) is 91.2 Å². The number of hydrogen-bond donors (Lipinski definition) is 1. The van der Waals surface area contributed by atoms with Crippen LogP contribution in [-0.2, 0) is 20.9 Å². The lowest BCUT2D eigenvalue weighted by Gasteiger charge is -2.19. The number of carboxylic acid groups (broad SMARTS) is 1. The predicted octanol–water partition coefficient (Wildman–Crippen LogP) is 10.1. The van der Waals surface area contributed by atoms with Crippen molar-refractivity contribution in [2.24, 2.45) is 0 Å². The number of rotatable bonds is 19. The lowest BCUT2D eigenvalue weighted by molar-refractivity contribution is -0.145. The van der Waals surface area contributed by atoms with Crippen LogP contribution in [0.3, 0.4) is 0 Å². The SMILES string of the molecule is C=C/C(CC(Oc1nsc2cnc(-c3cccc(F)c3)c(-c3ccc(OCCN(C)C)c(Cl)c3C)c12)C(=O)O)=C(\C)OCc1ccnc(C(/C=C\C)=C(/CC)OC)n1. The second-order valence-corrected chi connectivity index (χ2v) is 14.6. The van der Waals surface area contributed by atoms with Gasteiger partial charge in [-0.05, 0) is 87.4 Å². The molecule has 0 spiro atoms. The number of halogens is 2. The fourth-order valence-electron chi connectivity index (χ4n) is 6.16. The van der Waals surface area contributed by atoms with Crippen LogP contribution in [0, 0.1) is 12.7 Å². The van der Waals surface area contributed by atoms with Crippen LogP contribution in [0.5, 0.6) is 11.6 Å². The van der Waals surface area contributed by atoms with Crippen molar-refractivity contribution in [3.05, 3.63) is 125 Å². The summed E-state index contributed by atoms with van der Waals surface area (Å²) >= 11 is 8.03. The highest BCUT2D eigenvalue weighted by atomic mass is 35.5. The molecule has 0 bridgehead atoms. The molecule has 0 aliphatic heterocycles. The Bertz CT molecular complexity index is 2370. The maximum atomic E-state index is 14.7. The number of benzene rings is 2. The van der Waals surface area contributed by atoms with Crippen LogP contribution in [0.2, 0.25) is 5.02 Å². The van der Waals surface area contributed by atoms with Crippen molar-refractivity contribution in [3.63, 3.8) is 0 Å². The molecule has 14 heteroatoms. The van der Waals surface area contributed by atoms with Crippen LogP contribution in [0.15, 0.2) is 96.8 Å². The van der Waals surface area contributed by atoms with Gasteiger partial charge in [0.05, 0.1) is 44.9 Å². The first-order valence-corrected chi connectivity index (χ1v) is 19.7. The third-order valence-corrected chi connectivity index (χ3v) is 10.5. The summed E-state index contributed by atoms with van der Waals surface area (Å²) in [6, 6.07) is 11.5. The van der Waals surface area contributed by atoms with Crippen molar-refractivity contribution in [2.45, 2.75) is 53.2 Å². The van der Waals surface area contributed by atoms with Gasteiger partial charge in [0.15, 0.2) is 5.82 Å². The number of carbonyl (C=O) groups is 1. The molecule has 304 valence electrons. The quantitative estimate of drug-likeness (QED) is 0.0631. The molecular formula is C44H47ClFN5O6S. The van der Waals surface area contributed by atoms with Crippen molar-refractivity contribution in [1.82, 2.24) is 24.2 Å². The summed E-state index contributed by atoms with van der Waals surface area (Å²) in [5, 5.41) is 11.4. The van der Waals surface area contributed by atoms with Crippen LogP contribution >= 0.6 is 23.1 Å². The van der Waals surface area contributed by atoms with Gasteiger partial charge in [-0.2, -0.15) is 4.37 Å². The standard InChI is InChI=1S/C44H47ClFN5O6S/c1-9-13-33(34(11-3)54-8)42-47-19-18-31(49-42)25-56-27(5)28(10-2)23-36(44(52)53)57-43-39-37(58-50-43)24-48-41(29-14-12-15-30(46)22-29)38(39)32-16-17-35(40(45)26(32)4)55-21-20-51(6)7/h9-10,12-19,22,24,36H,2,11,20-21,23,25H2,1,3-8H3,(H,52,53)/b13-9-,28-27-,34-33-. The largest absolute Gasteiger partial charge is 0.500 e. The molecule has 3 heterocycles. The number of carboxylic acids is 1. The molecule has 3 aromatic heterocycles. The molecule has 1 unspecified atom stereocenters. The Morgan fingerprint density at radius 1 is 1.17 bits per heavy atom. The van der Waals surface area contributed by atoms with E-state index >= 15 is 0 Å². The van der Waals surface area contributed by atoms with Gasteiger partial charge < -0.3 is 29.0 Å². The molecule has 0 fully saturated rings. The molecule has 11 nitrogen and oxygen atoms in total. The second kappa shape index (κ2) is 20.2. The van der Waals surface area contributed by atoms with E-state index in [1.807, 2.05) is 58.0 Å². The number of allylic oxidation sites excluding steroid dienone is 6. The van der Waals surface area contributed by atoms with E-state index in [1.165, 1.54) is 12.1 Å². The van der Waals surface area contributed by atoms with Gasteiger partial charge >= 0.3 is 5.97 Å². The van der Waals surface area contributed by atoms with E-state index < -0.39 is 17.9 Å². The highest BCUT2D eigenvalue weighted by molar-refractivity contribution is 7.13. The Morgan fingerprint density at radius 3 is 2.64 bits per heavy atom. The fourth-order valence-corrected chi connectivity index (χ4v) is 7.07. The number of aliphatic carboxylic acids is 1. The Balaban J connectivity index is 1.50. The van der Waals surface area contributed by atoms with E-state index in [1.54, 1.807) is 56.8 Å². The average molecular weight is 828 g/mol. The molecule has 0 saturated heterocycles. The van der Waals surface area contributed by atoms with Gasteiger partial charge in [-0.25, -0.2) is 19.2 Å². The van der Waals surface area contributed by atoms with Gasteiger partial charge in [-0.1, -0.05) is 61.5 Å². The summed E-state index contributed by atoms with van der Waals surface area (Å²) in [7, 11) is 5.53. The molecule has 1 atom stereocenters. The zero-order valence-corrected chi connectivity index (χ0v) is 35.2. The molecule has 0 saturated carbocycles. The third-order valence-electron chi connectivity index (χ3n) is 9.22. The first kappa shape index (κ1) is 43.5. The molecule has 1 N–H and O–H groups in total. The predicted molar refractivity (Wildman–Crippen MR) is 227 cm³/mol. The molecular weight excluding hydrogens is 781 g/mol. The zero-order chi connectivity index (χ0) is 41.9. The molecule has 2 aromatic carbocycles. The van der Waals surface area contributed by atoms with E-state index in [9.17, 15) is 14.3 Å². The van der Waals surface area contributed by atoms with E-state index in [4.69, 9.17) is 40.5 Å². The fraction of sp³-hybridized carbons (Fsp3) is 0.295.